The number of nitrogens with zero attached hydrogens (tertiary/aromatic N) is 1. The van der Waals surface area contributed by atoms with Gasteiger partial charge in [-0.15, -0.1) is 0 Å². The highest BCUT2D eigenvalue weighted by Gasteiger charge is 2.13. The lowest BCUT2D eigenvalue weighted by atomic mass is 10.3. The molecule has 0 saturated heterocycles. The number of carbonyl (C=O) groups excluding carboxylic acids is 1. The molecule has 0 bridgehead atoms. The summed E-state index contributed by atoms with van der Waals surface area (Å²) >= 11 is 0. The van der Waals surface area contributed by atoms with Crippen LogP contribution < -0.4 is 4.89 Å². The van der Waals surface area contributed by atoms with Crippen LogP contribution in [-0.2, 0) is 27.7 Å². The van der Waals surface area contributed by atoms with Gasteiger partial charge in [0.2, 0.25) is 0 Å². The molecule has 0 aromatic carbocycles. The van der Waals surface area contributed by atoms with Gasteiger partial charge < -0.3 is 37.8 Å². The molecule has 1 unspecified atom stereocenters. The fraction of sp³-hybridized carbons (Fsp3) is 0.769. The van der Waals surface area contributed by atoms with E-state index in [0.717, 1.165) is 0 Å². The zero-order chi connectivity index (χ0) is 21.0. The largest absolute Gasteiger partial charge is 0.756 e. The zero-order valence-electron chi connectivity index (χ0n) is 15.5. The normalized spacial score (nSPS) is 14.0. The smallest absolute Gasteiger partial charge is 0.466 e. The zero-order valence-corrected chi connectivity index (χ0v) is 17.3. The Morgan fingerprint density at radius 3 is 1.88 bits per heavy atom. The second-order valence-corrected chi connectivity index (χ2v) is 8.70. The maximum Gasteiger partial charge on any atom is 0.466 e. The van der Waals surface area contributed by atoms with Gasteiger partial charge in [-0.2, -0.15) is 0 Å². The predicted molar refractivity (Wildman–Crippen MR) is 91.7 cm³/mol. The average molecular weight is 421 g/mol. The number of phosphoric acid groups is 2. The molecule has 11 nitrogen and oxygen atoms in total. The van der Waals surface area contributed by atoms with Crippen molar-refractivity contribution in [2.75, 3.05) is 47.5 Å². The summed E-state index contributed by atoms with van der Waals surface area (Å²) in [5, 5.41) is 0. The van der Waals surface area contributed by atoms with Gasteiger partial charge >= 0.3 is 13.8 Å². The highest BCUT2D eigenvalue weighted by molar-refractivity contribution is 7.45. The number of hydrogen-bond donors (Lipinski definition) is 3. The van der Waals surface area contributed by atoms with Gasteiger partial charge in [0.05, 0.1) is 34.4 Å². The van der Waals surface area contributed by atoms with E-state index in [1.54, 1.807) is 6.92 Å². The van der Waals surface area contributed by atoms with Crippen LogP contribution in [-0.4, -0.2) is 72.6 Å². The third-order valence-electron chi connectivity index (χ3n) is 2.38. The molecule has 13 heteroatoms. The number of unbranched alkanes of at least 4 members (excludes halogenated alkanes) is 1. The molecule has 1 atom stereocenters. The van der Waals surface area contributed by atoms with Gasteiger partial charge in [0.15, 0.2) is 0 Å². The van der Waals surface area contributed by atoms with Crippen LogP contribution in [0.4, 0.5) is 0 Å². The number of ether oxygens (including phenoxy) is 1. The third kappa shape index (κ3) is 25.6. The van der Waals surface area contributed by atoms with Gasteiger partial charge in [-0.3, -0.25) is 4.57 Å². The van der Waals surface area contributed by atoms with E-state index in [2.05, 4.69) is 6.58 Å². The maximum atomic E-state index is 11.4. The second-order valence-electron chi connectivity index (χ2n) is 6.26. The van der Waals surface area contributed by atoms with Crippen molar-refractivity contribution in [1.82, 2.24) is 0 Å². The molecule has 0 amide bonds. The minimum atomic E-state index is -4.64. The lowest BCUT2D eigenvalue weighted by Crippen LogP contribution is -2.37. The van der Waals surface area contributed by atoms with Gasteiger partial charge in [-0.05, 0) is 19.8 Å². The Hall–Kier alpha value is -0.610. The number of carbonyl (C=O) groups is 1. The first kappa shape index (κ1) is 27.6. The summed E-state index contributed by atoms with van der Waals surface area (Å²) in [7, 11) is -3.07. The van der Waals surface area contributed by atoms with Gasteiger partial charge in [-0.1, -0.05) is 6.58 Å². The number of hydrogen-bond acceptors (Lipinski definition) is 7. The number of phosphoric ester groups is 1. The molecular weight excluding hydrogens is 392 g/mol. The molecule has 26 heavy (non-hydrogen) atoms. The van der Waals surface area contributed by atoms with E-state index >= 15 is 0 Å². The van der Waals surface area contributed by atoms with Crippen LogP contribution in [0.3, 0.4) is 0 Å². The van der Waals surface area contributed by atoms with Crippen LogP contribution in [0, 0.1) is 0 Å². The first-order chi connectivity index (χ1) is 11.5. The van der Waals surface area contributed by atoms with Crippen molar-refractivity contribution in [3.8, 4) is 0 Å². The minimum absolute atomic E-state index is 0.00970. The van der Waals surface area contributed by atoms with E-state index in [4.69, 9.17) is 33.0 Å². The van der Waals surface area contributed by atoms with Gasteiger partial charge in [0.25, 0.3) is 7.82 Å². The Labute approximate surface area is 153 Å². The lowest BCUT2D eigenvalue weighted by Gasteiger charge is -2.27. The monoisotopic (exact) mass is 421 g/mol. The topological polar surface area (TPSA) is 163 Å². The molecular formula is C13H29NO10P2. The van der Waals surface area contributed by atoms with Crippen molar-refractivity contribution in [3.05, 3.63) is 12.2 Å². The fourth-order valence-corrected chi connectivity index (χ4v) is 1.86. The molecule has 3 N–H and O–H groups in total. The SMILES string of the molecule is C=C(C)C(=O)OCCCCOP(=O)([O-])OCC[N+](C)(C)C.O=P(O)(O)O. The molecule has 0 radical (unpaired) electrons. The predicted octanol–water partition coefficient (Wildman–Crippen LogP) is 0.165. The van der Waals surface area contributed by atoms with Crippen molar-refractivity contribution in [2.45, 2.75) is 19.8 Å². The molecule has 0 aliphatic carbocycles. The highest BCUT2D eigenvalue weighted by atomic mass is 31.2. The molecule has 0 saturated carbocycles. The molecule has 0 aliphatic rings. The van der Waals surface area contributed by atoms with E-state index in [-0.39, 0.29) is 19.8 Å². The summed E-state index contributed by atoms with van der Waals surface area (Å²) in [6.07, 6.45) is 0.965. The fourth-order valence-electron chi connectivity index (χ4n) is 1.13. The lowest BCUT2D eigenvalue weighted by molar-refractivity contribution is -0.870. The molecule has 0 fully saturated rings. The van der Waals surface area contributed by atoms with E-state index in [1.807, 2.05) is 21.1 Å². The summed E-state index contributed by atoms with van der Waals surface area (Å²) in [4.78, 5) is 44.1. The number of rotatable bonds is 11. The van der Waals surface area contributed by atoms with Crippen molar-refractivity contribution in [2.24, 2.45) is 0 Å². The average Bonchev–Trinajstić information content (AvgIpc) is 2.38. The first-order valence-corrected chi connectivity index (χ1v) is 10.6. The van der Waals surface area contributed by atoms with Crippen LogP contribution in [0.25, 0.3) is 0 Å². The molecule has 0 aliphatic heterocycles. The number of quaternary nitrogens is 1. The quantitative estimate of drug-likeness (QED) is 0.138. The van der Waals surface area contributed by atoms with E-state index in [9.17, 15) is 14.3 Å². The van der Waals surface area contributed by atoms with Crippen molar-refractivity contribution in [3.63, 3.8) is 0 Å². The third-order valence-corrected chi connectivity index (χ3v) is 3.38. The number of likely N-dealkylation sites (N-methyl/N-ethyl adjacent to an activating group) is 1. The summed E-state index contributed by atoms with van der Waals surface area (Å²) in [6.45, 7) is 5.88. The van der Waals surface area contributed by atoms with Crippen molar-refractivity contribution < 1.29 is 51.8 Å². The molecule has 0 spiro atoms. The highest BCUT2D eigenvalue weighted by Crippen LogP contribution is 2.38. The Bertz CT molecular complexity index is 517. The maximum absolute atomic E-state index is 11.4. The van der Waals surface area contributed by atoms with Crippen LogP contribution >= 0.6 is 15.6 Å². The van der Waals surface area contributed by atoms with Crippen LogP contribution in [0.15, 0.2) is 12.2 Å². The van der Waals surface area contributed by atoms with Crippen molar-refractivity contribution in [1.29, 1.82) is 0 Å². The molecule has 156 valence electrons. The summed E-state index contributed by atoms with van der Waals surface area (Å²) in [5.74, 6) is -0.450. The summed E-state index contributed by atoms with van der Waals surface area (Å²) in [6, 6.07) is 0. The minimum Gasteiger partial charge on any atom is -0.756 e. The molecule has 0 aromatic rings. The molecule has 0 heterocycles. The Morgan fingerprint density at radius 1 is 1.04 bits per heavy atom. The standard InChI is InChI=1S/C13H26NO6P.H3O4P/c1-12(2)13(15)18-9-6-7-10-19-21(16,17)20-11-8-14(3,4)5;1-5(2,3)4/h1,6-11H2,2-5H3;(H3,1,2,3,4). The summed E-state index contributed by atoms with van der Waals surface area (Å²) < 4.78 is 35.2. The molecule has 0 rings (SSSR count). The van der Waals surface area contributed by atoms with Gasteiger partial charge in [-0.25, -0.2) is 9.36 Å². The van der Waals surface area contributed by atoms with Gasteiger partial charge in [0.1, 0.15) is 13.2 Å². The van der Waals surface area contributed by atoms with E-state index in [0.29, 0.717) is 29.4 Å². The van der Waals surface area contributed by atoms with E-state index < -0.39 is 21.6 Å². The Morgan fingerprint density at radius 2 is 1.46 bits per heavy atom. The second kappa shape index (κ2) is 12.7. The van der Waals surface area contributed by atoms with Crippen molar-refractivity contribution >= 4 is 21.6 Å². The molecule has 0 aromatic heterocycles. The Balaban J connectivity index is 0. The van der Waals surface area contributed by atoms with Gasteiger partial charge in [0, 0.05) is 5.57 Å². The van der Waals surface area contributed by atoms with Crippen LogP contribution in [0.5, 0.6) is 0 Å². The number of esters is 1. The van der Waals surface area contributed by atoms with E-state index in [1.165, 1.54) is 0 Å². The Kier molecular flexibility index (Phi) is 13.5. The van der Waals surface area contributed by atoms with Crippen LogP contribution in [0.2, 0.25) is 0 Å². The summed E-state index contributed by atoms with van der Waals surface area (Å²) in [5.41, 5.74) is 0.334. The van der Waals surface area contributed by atoms with Crippen LogP contribution in [0.1, 0.15) is 19.8 Å². The first-order valence-electron chi connectivity index (χ1n) is 7.55.